The fourth-order valence-corrected chi connectivity index (χ4v) is 3.08. The zero-order valence-corrected chi connectivity index (χ0v) is 12.2. The van der Waals surface area contributed by atoms with Gasteiger partial charge in [-0.1, -0.05) is 0 Å². The van der Waals surface area contributed by atoms with E-state index in [1.807, 2.05) is 20.3 Å². The second-order valence-electron chi connectivity index (χ2n) is 5.40. The molecule has 106 valence electrons. The molecule has 0 amide bonds. The zero-order chi connectivity index (χ0) is 14.0. The van der Waals surface area contributed by atoms with Gasteiger partial charge in [0.05, 0.1) is 19.1 Å². The average molecular weight is 265 g/mol. The highest BCUT2D eigenvalue weighted by atomic mass is 16.5. The number of hydrogen-bond acceptors (Lipinski definition) is 4. The van der Waals surface area contributed by atoms with Crippen molar-refractivity contribution in [2.24, 2.45) is 0 Å². The molecule has 1 fully saturated rings. The fraction of sp³-hybridized carbons (Fsp3) is 0.714. The molecule has 0 radical (unpaired) electrons. The number of likely N-dealkylation sites (N-methyl/N-ethyl adjacent to an activating group) is 1. The minimum Gasteiger partial charge on any atom is -0.468 e. The molecule has 0 saturated heterocycles. The van der Waals surface area contributed by atoms with Gasteiger partial charge in [0.15, 0.2) is 0 Å². The first-order valence-corrected chi connectivity index (χ1v) is 6.81. The van der Waals surface area contributed by atoms with Crippen LogP contribution in [0.15, 0.2) is 6.33 Å². The van der Waals surface area contributed by atoms with Gasteiger partial charge >= 0.3 is 5.97 Å². The zero-order valence-electron chi connectivity index (χ0n) is 12.2. The van der Waals surface area contributed by atoms with Crippen molar-refractivity contribution in [2.45, 2.75) is 51.1 Å². The Balaban J connectivity index is 2.25. The predicted octanol–water partition coefficient (Wildman–Crippen LogP) is 1.75. The minimum atomic E-state index is -0.553. The van der Waals surface area contributed by atoms with E-state index in [4.69, 9.17) is 4.74 Å². The van der Waals surface area contributed by atoms with Gasteiger partial charge in [0.2, 0.25) is 0 Å². The molecule has 2 rings (SSSR count). The van der Waals surface area contributed by atoms with Crippen molar-refractivity contribution in [3.8, 4) is 0 Å². The average Bonchev–Trinajstić information content (AvgIpc) is 2.78. The number of aryl methyl sites for hydroxylation is 1. The molecule has 0 spiro atoms. The van der Waals surface area contributed by atoms with E-state index >= 15 is 0 Å². The van der Waals surface area contributed by atoms with Gasteiger partial charge in [-0.05, 0) is 46.6 Å². The topological polar surface area (TPSA) is 56.1 Å². The van der Waals surface area contributed by atoms with Crippen LogP contribution in [0.1, 0.15) is 43.1 Å². The summed E-state index contributed by atoms with van der Waals surface area (Å²) in [6.07, 6.45) is 5.57. The Labute approximate surface area is 114 Å². The molecular weight excluding hydrogens is 242 g/mol. The van der Waals surface area contributed by atoms with Gasteiger partial charge in [0, 0.05) is 11.7 Å². The SMILES string of the molecule is CNC1(C(=O)OC)CCCC(n2cnc(C)c2C)C1. The summed E-state index contributed by atoms with van der Waals surface area (Å²) in [6.45, 7) is 4.09. The van der Waals surface area contributed by atoms with Crippen LogP contribution in [-0.4, -0.2) is 35.2 Å². The maximum Gasteiger partial charge on any atom is 0.326 e. The molecule has 2 atom stereocenters. The van der Waals surface area contributed by atoms with Crippen molar-refractivity contribution < 1.29 is 9.53 Å². The number of rotatable bonds is 3. The number of carbonyl (C=O) groups is 1. The van der Waals surface area contributed by atoms with Gasteiger partial charge in [0.25, 0.3) is 0 Å². The Bertz CT molecular complexity index is 469. The molecule has 2 unspecified atom stereocenters. The Morgan fingerprint density at radius 1 is 1.58 bits per heavy atom. The molecule has 1 aliphatic rings. The third kappa shape index (κ3) is 2.39. The molecule has 1 saturated carbocycles. The van der Waals surface area contributed by atoms with Gasteiger partial charge in [0.1, 0.15) is 5.54 Å². The van der Waals surface area contributed by atoms with E-state index in [0.717, 1.165) is 31.4 Å². The molecular formula is C14H23N3O2. The molecule has 5 nitrogen and oxygen atoms in total. The van der Waals surface area contributed by atoms with Crippen LogP contribution in [0.2, 0.25) is 0 Å². The molecule has 1 aromatic heterocycles. The molecule has 1 heterocycles. The van der Waals surface area contributed by atoms with Gasteiger partial charge in [-0.15, -0.1) is 0 Å². The quantitative estimate of drug-likeness (QED) is 0.846. The second kappa shape index (κ2) is 5.33. The van der Waals surface area contributed by atoms with Crippen LogP contribution in [0.5, 0.6) is 0 Å². The van der Waals surface area contributed by atoms with Crippen molar-refractivity contribution in [1.29, 1.82) is 0 Å². The second-order valence-corrected chi connectivity index (χ2v) is 5.40. The number of aromatic nitrogens is 2. The first-order valence-electron chi connectivity index (χ1n) is 6.81. The highest BCUT2D eigenvalue weighted by Gasteiger charge is 2.43. The van der Waals surface area contributed by atoms with Crippen molar-refractivity contribution in [1.82, 2.24) is 14.9 Å². The largest absolute Gasteiger partial charge is 0.468 e. The minimum absolute atomic E-state index is 0.158. The number of ether oxygens (including phenoxy) is 1. The van der Waals surface area contributed by atoms with Crippen molar-refractivity contribution >= 4 is 5.97 Å². The van der Waals surface area contributed by atoms with Crippen LogP contribution in [0, 0.1) is 13.8 Å². The highest BCUT2D eigenvalue weighted by molar-refractivity contribution is 5.80. The lowest BCUT2D eigenvalue weighted by atomic mass is 9.78. The van der Waals surface area contributed by atoms with E-state index in [0.29, 0.717) is 6.04 Å². The van der Waals surface area contributed by atoms with Crippen LogP contribution in [-0.2, 0) is 9.53 Å². The van der Waals surface area contributed by atoms with Gasteiger partial charge < -0.3 is 14.6 Å². The number of imidazole rings is 1. The lowest BCUT2D eigenvalue weighted by Crippen LogP contribution is -2.54. The van der Waals surface area contributed by atoms with Crippen molar-refractivity contribution in [2.75, 3.05) is 14.2 Å². The fourth-order valence-electron chi connectivity index (χ4n) is 3.08. The number of methoxy groups -OCH3 is 1. The lowest BCUT2D eigenvalue weighted by Gasteiger charge is -2.39. The number of hydrogen-bond donors (Lipinski definition) is 1. The van der Waals surface area contributed by atoms with Crippen LogP contribution < -0.4 is 5.32 Å². The molecule has 5 heteroatoms. The van der Waals surface area contributed by atoms with E-state index in [1.54, 1.807) is 0 Å². The van der Waals surface area contributed by atoms with E-state index < -0.39 is 5.54 Å². The molecule has 1 aliphatic carbocycles. The summed E-state index contributed by atoms with van der Waals surface area (Å²) in [6, 6.07) is 0.307. The summed E-state index contributed by atoms with van der Waals surface area (Å²) >= 11 is 0. The third-order valence-electron chi connectivity index (χ3n) is 4.46. The van der Waals surface area contributed by atoms with Gasteiger partial charge in [-0.25, -0.2) is 4.98 Å². The summed E-state index contributed by atoms with van der Waals surface area (Å²) in [5.74, 6) is -0.158. The molecule has 0 aliphatic heterocycles. The summed E-state index contributed by atoms with van der Waals surface area (Å²) < 4.78 is 7.18. The van der Waals surface area contributed by atoms with Crippen LogP contribution in [0.4, 0.5) is 0 Å². The van der Waals surface area contributed by atoms with Gasteiger partial charge in [-0.2, -0.15) is 0 Å². The van der Waals surface area contributed by atoms with E-state index in [9.17, 15) is 4.79 Å². The monoisotopic (exact) mass is 265 g/mol. The Morgan fingerprint density at radius 2 is 2.32 bits per heavy atom. The van der Waals surface area contributed by atoms with E-state index in [2.05, 4.69) is 21.8 Å². The smallest absolute Gasteiger partial charge is 0.326 e. The molecule has 0 aromatic carbocycles. The number of carbonyl (C=O) groups excluding carboxylic acids is 1. The van der Waals surface area contributed by atoms with Crippen LogP contribution in [0.25, 0.3) is 0 Å². The predicted molar refractivity (Wildman–Crippen MR) is 73.0 cm³/mol. The Morgan fingerprint density at radius 3 is 2.84 bits per heavy atom. The summed E-state index contributed by atoms with van der Waals surface area (Å²) in [7, 11) is 3.29. The summed E-state index contributed by atoms with van der Waals surface area (Å²) in [5, 5.41) is 3.19. The molecule has 0 bridgehead atoms. The first kappa shape index (κ1) is 14.1. The van der Waals surface area contributed by atoms with E-state index in [1.165, 1.54) is 12.8 Å². The Kier molecular flexibility index (Phi) is 3.94. The standard InChI is InChI=1S/C14H23N3O2/c1-10-11(2)17(9-16-10)12-6-5-7-14(8-12,15-3)13(18)19-4/h9,12,15H,5-8H2,1-4H3. The first-order chi connectivity index (χ1) is 9.04. The van der Waals surface area contributed by atoms with Crippen LogP contribution >= 0.6 is 0 Å². The number of nitrogens with zero attached hydrogens (tertiary/aromatic N) is 2. The highest BCUT2D eigenvalue weighted by Crippen LogP contribution is 2.37. The van der Waals surface area contributed by atoms with Gasteiger partial charge in [-0.3, -0.25) is 4.79 Å². The summed E-state index contributed by atoms with van der Waals surface area (Å²) in [4.78, 5) is 16.4. The normalized spacial score (nSPS) is 27.3. The maximum atomic E-state index is 12.1. The van der Waals surface area contributed by atoms with Crippen molar-refractivity contribution in [3.05, 3.63) is 17.7 Å². The van der Waals surface area contributed by atoms with Crippen LogP contribution in [0.3, 0.4) is 0 Å². The van der Waals surface area contributed by atoms with Crippen molar-refractivity contribution in [3.63, 3.8) is 0 Å². The maximum absolute atomic E-state index is 12.1. The molecule has 19 heavy (non-hydrogen) atoms. The lowest BCUT2D eigenvalue weighted by molar-refractivity contribution is -0.150. The van der Waals surface area contributed by atoms with E-state index in [-0.39, 0.29) is 5.97 Å². The Hall–Kier alpha value is -1.36. The third-order valence-corrected chi connectivity index (χ3v) is 4.46. The number of nitrogens with one attached hydrogen (secondary N) is 1. The molecule has 1 aromatic rings. The summed E-state index contributed by atoms with van der Waals surface area (Å²) in [5.41, 5.74) is 1.68. The molecule has 1 N–H and O–H groups in total. The number of esters is 1.